The Morgan fingerprint density at radius 3 is 2.42 bits per heavy atom. The largest absolute Gasteiger partial charge is 0.322 e. The Balaban J connectivity index is 2.34. The Hall–Kier alpha value is -2.30. The smallest absolute Gasteiger partial charge is 0.272 e. The molecule has 0 bridgehead atoms. The number of hydrogen-bond donors (Lipinski definition) is 2. The van der Waals surface area contributed by atoms with Crippen LogP contribution >= 0.6 is 23.2 Å². The molecule has 0 aliphatic carbocycles. The molecule has 6 heteroatoms. The summed E-state index contributed by atoms with van der Waals surface area (Å²) in [6.45, 7) is 3.26. The van der Waals surface area contributed by atoms with Crippen molar-refractivity contribution in [2.75, 3.05) is 5.32 Å². The molecule has 0 spiro atoms. The molecule has 124 valence electrons. The number of hydrogen-bond acceptors (Lipinski definition) is 2. The highest BCUT2D eigenvalue weighted by Gasteiger charge is 2.14. The first kappa shape index (κ1) is 18.0. The van der Waals surface area contributed by atoms with E-state index in [-0.39, 0.29) is 16.6 Å². The molecule has 24 heavy (non-hydrogen) atoms. The lowest BCUT2D eigenvalue weighted by Crippen LogP contribution is -2.29. The molecular formula is C18H16Cl2N2O2. The molecule has 2 aromatic carbocycles. The van der Waals surface area contributed by atoms with Gasteiger partial charge in [-0.1, -0.05) is 53.5 Å². The molecule has 2 rings (SSSR count). The maximum absolute atomic E-state index is 12.5. The van der Waals surface area contributed by atoms with Gasteiger partial charge in [-0.25, -0.2) is 0 Å². The Kier molecular flexibility index (Phi) is 6.01. The van der Waals surface area contributed by atoms with Crippen molar-refractivity contribution in [3.05, 3.63) is 69.3 Å². The number of aryl methyl sites for hydroxylation is 1. The van der Waals surface area contributed by atoms with Crippen LogP contribution in [0.2, 0.25) is 10.0 Å². The van der Waals surface area contributed by atoms with E-state index in [2.05, 4.69) is 10.6 Å². The summed E-state index contributed by atoms with van der Waals surface area (Å²) in [6.07, 6.45) is 1.62. The molecule has 4 nitrogen and oxygen atoms in total. The van der Waals surface area contributed by atoms with Crippen molar-refractivity contribution in [2.45, 2.75) is 13.8 Å². The average Bonchev–Trinajstić information content (AvgIpc) is 2.52. The number of nitrogens with one attached hydrogen (secondary N) is 2. The van der Waals surface area contributed by atoms with Crippen LogP contribution in [0.15, 0.2) is 48.2 Å². The SMILES string of the molecule is CC(=O)N/C(=C/c1ccccc1C)C(=O)Nc1cccc(Cl)c1Cl. The minimum absolute atomic E-state index is 0.118. The number of anilines is 1. The van der Waals surface area contributed by atoms with Crippen LogP contribution < -0.4 is 10.6 Å². The predicted octanol–water partition coefficient (Wildman–Crippen LogP) is 4.42. The minimum Gasteiger partial charge on any atom is -0.322 e. The molecule has 0 saturated heterocycles. The van der Waals surface area contributed by atoms with Crippen LogP contribution in [-0.2, 0) is 9.59 Å². The number of amides is 2. The van der Waals surface area contributed by atoms with Gasteiger partial charge in [-0.2, -0.15) is 0 Å². The first-order valence-electron chi connectivity index (χ1n) is 7.18. The minimum atomic E-state index is -0.488. The molecule has 0 atom stereocenters. The van der Waals surface area contributed by atoms with Crippen molar-refractivity contribution < 1.29 is 9.59 Å². The van der Waals surface area contributed by atoms with Crippen molar-refractivity contribution in [1.29, 1.82) is 0 Å². The Bertz CT molecular complexity index is 816. The predicted molar refractivity (Wildman–Crippen MR) is 98.1 cm³/mol. The van der Waals surface area contributed by atoms with Gasteiger partial charge in [0.25, 0.3) is 5.91 Å². The second-order valence-corrected chi connectivity index (χ2v) is 5.94. The van der Waals surface area contributed by atoms with E-state index < -0.39 is 5.91 Å². The summed E-state index contributed by atoms with van der Waals surface area (Å²) >= 11 is 12.0. The third-order valence-electron chi connectivity index (χ3n) is 3.24. The number of carbonyl (C=O) groups excluding carboxylic acids is 2. The zero-order valence-electron chi connectivity index (χ0n) is 13.2. The van der Waals surface area contributed by atoms with E-state index in [1.165, 1.54) is 6.92 Å². The summed E-state index contributed by atoms with van der Waals surface area (Å²) in [5, 5.41) is 5.77. The van der Waals surface area contributed by atoms with Gasteiger partial charge in [0.15, 0.2) is 0 Å². The molecule has 0 fully saturated rings. The lowest BCUT2D eigenvalue weighted by Gasteiger charge is -2.12. The maximum Gasteiger partial charge on any atom is 0.272 e. The highest BCUT2D eigenvalue weighted by molar-refractivity contribution is 6.44. The van der Waals surface area contributed by atoms with Crippen molar-refractivity contribution in [3.8, 4) is 0 Å². The molecule has 0 saturated carbocycles. The van der Waals surface area contributed by atoms with Crippen molar-refractivity contribution in [2.24, 2.45) is 0 Å². The van der Waals surface area contributed by atoms with Gasteiger partial charge in [0.05, 0.1) is 15.7 Å². The molecule has 0 unspecified atom stereocenters. The quantitative estimate of drug-likeness (QED) is 0.791. The topological polar surface area (TPSA) is 58.2 Å². The van der Waals surface area contributed by atoms with Gasteiger partial charge in [-0.3, -0.25) is 9.59 Å². The molecule has 0 aliphatic rings. The van der Waals surface area contributed by atoms with Gasteiger partial charge >= 0.3 is 0 Å². The van der Waals surface area contributed by atoms with Crippen LogP contribution in [0.1, 0.15) is 18.1 Å². The van der Waals surface area contributed by atoms with Gasteiger partial charge in [-0.05, 0) is 36.3 Å². The van der Waals surface area contributed by atoms with Gasteiger partial charge in [0.2, 0.25) is 5.91 Å². The highest BCUT2D eigenvalue weighted by atomic mass is 35.5. The molecular weight excluding hydrogens is 347 g/mol. The van der Waals surface area contributed by atoms with Crippen LogP contribution in [0.3, 0.4) is 0 Å². The van der Waals surface area contributed by atoms with Gasteiger partial charge in [0, 0.05) is 6.92 Å². The van der Waals surface area contributed by atoms with Crippen molar-refractivity contribution >= 4 is 46.8 Å². The Labute approximate surface area is 150 Å². The lowest BCUT2D eigenvalue weighted by atomic mass is 10.1. The number of carbonyl (C=O) groups is 2. The average molecular weight is 363 g/mol. The zero-order chi connectivity index (χ0) is 17.7. The standard InChI is InChI=1S/C18H16Cl2N2O2/c1-11-6-3-4-7-13(11)10-16(21-12(2)23)18(24)22-15-9-5-8-14(19)17(15)20/h3-10H,1-2H3,(H,21,23)(H,22,24)/b16-10+. The van der Waals surface area contributed by atoms with E-state index in [1.54, 1.807) is 24.3 Å². The first-order chi connectivity index (χ1) is 11.4. The van der Waals surface area contributed by atoms with E-state index in [0.717, 1.165) is 11.1 Å². The molecule has 0 radical (unpaired) electrons. The number of rotatable bonds is 4. The molecule has 0 heterocycles. The highest BCUT2D eigenvalue weighted by Crippen LogP contribution is 2.29. The number of benzene rings is 2. The zero-order valence-corrected chi connectivity index (χ0v) is 14.7. The summed E-state index contributed by atoms with van der Waals surface area (Å²) in [6, 6.07) is 12.5. The normalized spacial score (nSPS) is 11.1. The molecule has 0 aromatic heterocycles. The molecule has 2 aromatic rings. The molecule has 2 amide bonds. The van der Waals surface area contributed by atoms with Crippen LogP contribution in [0.4, 0.5) is 5.69 Å². The lowest BCUT2D eigenvalue weighted by molar-refractivity contribution is -0.120. The molecule has 0 aliphatic heterocycles. The van der Waals surface area contributed by atoms with Crippen molar-refractivity contribution in [3.63, 3.8) is 0 Å². The molecule has 2 N–H and O–H groups in total. The van der Waals surface area contributed by atoms with Crippen molar-refractivity contribution in [1.82, 2.24) is 5.32 Å². The van der Waals surface area contributed by atoms with Gasteiger partial charge in [-0.15, -0.1) is 0 Å². The Morgan fingerprint density at radius 2 is 1.75 bits per heavy atom. The van der Waals surface area contributed by atoms with Crippen LogP contribution in [0.25, 0.3) is 6.08 Å². The van der Waals surface area contributed by atoms with E-state index >= 15 is 0 Å². The van der Waals surface area contributed by atoms with Gasteiger partial charge < -0.3 is 10.6 Å². The monoisotopic (exact) mass is 362 g/mol. The first-order valence-corrected chi connectivity index (χ1v) is 7.94. The summed E-state index contributed by atoms with van der Waals surface area (Å²) in [4.78, 5) is 24.0. The van der Waals surface area contributed by atoms with E-state index in [9.17, 15) is 9.59 Å². The second-order valence-electron chi connectivity index (χ2n) is 5.15. The number of halogens is 2. The van der Waals surface area contributed by atoms with E-state index in [0.29, 0.717) is 10.7 Å². The fraction of sp³-hybridized carbons (Fsp3) is 0.111. The van der Waals surface area contributed by atoms with E-state index in [4.69, 9.17) is 23.2 Å². The summed E-state index contributed by atoms with van der Waals surface area (Å²) in [7, 11) is 0. The third-order valence-corrected chi connectivity index (χ3v) is 4.06. The second kappa shape index (κ2) is 7.99. The van der Waals surface area contributed by atoms with Crippen LogP contribution in [0, 0.1) is 6.92 Å². The Morgan fingerprint density at radius 1 is 1.04 bits per heavy atom. The fourth-order valence-corrected chi connectivity index (χ4v) is 2.39. The summed E-state index contributed by atoms with van der Waals surface area (Å²) in [5.74, 6) is -0.834. The fourth-order valence-electron chi connectivity index (χ4n) is 2.04. The van der Waals surface area contributed by atoms with Crippen LogP contribution in [-0.4, -0.2) is 11.8 Å². The van der Waals surface area contributed by atoms with Crippen LogP contribution in [0.5, 0.6) is 0 Å². The summed E-state index contributed by atoms with van der Waals surface area (Å²) < 4.78 is 0. The maximum atomic E-state index is 12.5. The van der Waals surface area contributed by atoms with Gasteiger partial charge in [0.1, 0.15) is 5.70 Å². The van der Waals surface area contributed by atoms with E-state index in [1.807, 2.05) is 31.2 Å². The summed E-state index contributed by atoms with van der Waals surface area (Å²) in [5.41, 5.74) is 2.30. The third kappa shape index (κ3) is 4.60.